The van der Waals surface area contributed by atoms with Gasteiger partial charge in [-0.1, -0.05) is 20.8 Å². The summed E-state index contributed by atoms with van der Waals surface area (Å²) in [5.41, 5.74) is 1.29. The third kappa shape index (κ3) is 3.73. The van der Waals surface area contributed by atoms with Crippen LogP contribution in [0.1, 0.15) is 57.5 Å². The highest BCUT2D eigenvalue weighted by Crippen LogP contribution is 2.32. The first-order chi connectivity index (χ1) is 9.65. The molecule has 1 N–H and O–H groups in total. The summed E-state index contributed by atoms with van der Waals surface area (Å²) in [5.74, 6) is 0.793. The lowest BCUT2D eigenvalue weighted by atomic mass is 9.96. The molecule has 3 nitrogen and oxygen atoms in total. The lowest BCUT2D eigenvalue weighted by Crippen LogP contribution is -2.41. The van der Waals surface area contributed by atoms with E-state index in [9.17, 15) is 0 Å². The first-order valence-corrected chi connectivity index (χ1v) is 8.93. The Morgan fingerprint density at radius 1 is 1.30 bits per heavy atom. The maximum absolute atomic E-state index is 4.92. The molecule has 2 unspecified atom stereocenters. The van der Waals surface area contributed by atoms with E-state index in [2.05, 4.69) is 37.9 Å². The van der Waals surface area contributed by atoms with Gasteiger partial charge in [0, 0.05) is 24.0 Å². The van der Waals surface area contributed by atoms with Crippen molar-refractivity contribution in [3.05, 3.63) is 10.6 Å². The van der Waals surface area contributed by atoms with Gasteiger partial charge in [0.1, 0.15) is 0 Å². The van der Waals surface area contributed by atoms with E-state index in [4.69, 9.17) is 4.98 Å². The Hall–Kier alpha value is -0.610. The fourth-order valence-electron chi connectivity index (χ4n) is 2.84. The molecule has 4 heteroatoms. The van der Waals surface area contributed by atoms with Gasteiger partial charge in [-0.05, 0) is 45.1 Å². The van der Waals surface area contributed by atoms with Crippen molar-refractivity contribution in [2.45, 2.75) is 66.0 Å². The molecule has 0 aromatic carbocycles. The van der Waals surface area contributed by atoms with Gasteiger partial charge in [0.2, 0.25) is 0 Å². The lowest BCUT2D eigenvalue weighted by molar-refractivity contribution is 0.390. The fraction of sp³-hybridized carbons (Fsp3) is 0.812. The first-order valence-electron chi connectivity index (χ1n) is 8.11. The minimum Gasteiger partial charge on any atom is -0.345 e. The number of thiazole rings is 1. The Balaban J connectivity index is 2.11. The molecule has 0 bridgehead atoms. The monoisotopic (exact) mass is 295 g/mol. The van der Waals surface area contributed by atoms with E-state index in [0.29, 0.717) is 6.04 Å². The molecular weight excluding hydrogens is 266 g/mol. The zero-order valence-corrected chi connectivity index (χ0v) is 14.2. The van der Waals surface area contributed by atoms with Gasteiger partial charge in [0.15, 0.2) is 5.13 Å². The predicted molar refractivity (Wildman–Crippen MR) is 88.7 cm³/mol. The molecule has 1 aromatic rings. The maximum atomic E-state index is 4.92. The summed E-state index contributed by atoms with van der Waals surface area (Å²) in [6, 6.07) is 0.638. The van der Waals surface area contributed by atoms with Gasteiger partial charge in [-0.3, -0.25) is 0 Å². The topological polar surface area (TPSA) is 28.2 Å². The van der Waals surface area contributed by atoms with E-state index in [1.54, 1.807) is 0 Å². The Bertz CT molecular complexity index is 416. The van der Waals surface area contributed by atoms with Crippen molar-refractivity contribution in [2.75, 3.05) is 18.0 Å². The lowest BCUT2D eigenvalue weighted by Gasteiger charge is -2.36. The highest BCUT2D eigenvalue weighted by atomic mass is 32.1. The molecule has 1 aromatic heterocycles. The molecule has 0 amide bonds. The molecule has 1 saturated heterocycles. The molecule has 2 rings (SSSR count). The summed E-state index contributed by atoms with van der Waals surface area (Å²) in [6.07, 6.45) is 4.88. The molecule has 114 valence electrons. The van der Waals surface area contributed by atoms with E-state index >= 15 is 0 Å². The fourth-order valence-corrected chi connectivity index (χ4v) is 4.07. The van der Waals surface area contributed by atoms with Gasteiger partial charge in [0.05, 0.1) is 5.69 Å². The standard InChI is InChI=1S/C16H29N3S/c1-5-9-17-10-15-14(6-2)18-16(20-15)19-11-12(3)7-8-13(19)4/h12-13,17H,5-11H2,1-4H3. The average Bonchev–Trinajstić information content (AvgIpc) is 2.85. The molecule has 1 aliphatic rings. The number of aryl methyl sites for hydroxylation is 1. The van der Waals surface area contributed by atoms with Crippen LogP contribution in [0.25, 0.3) is 0 Å². The van der Waals surface area contributed by atoms with Crippen LogP contribution in [0.5, 0.6) is 0 Å². The molecule has 0 radical (unpaired) electrons. The van der Waals surface area contributed by atoms with Crippen LogP contribution in [-0.2, 0) is 13.0 Å². The first kappa shape index (κ1) is 15.8. The summed E-state index contributed by atoms with van der Waals surface area (Å²) in [6.45, 7) is 12.4. The summed E-state index contributed by atoms with van der Waals surface area (Å²) in [4.78, 5) is 8.88. The number of nitrogens with zero attached hydrogens (tertiary/aromatic N) is 2. The molecule has 0 spiro atoms. The average molecular weight is 295 g/mol. The van der Waals surface area contributed by atoms with Crippen molar-refractivity contribution in [3.8, 4) is 0 Å². The number of aromatic nitrogens is 1. The minimum atomic E-state index is 0.638. The predicted octanol–water partition coefficient (Wildman–Crippen LogP) is 3.83. The number of rotatable bonds is 6. The van der Waals surface area contributed by atoms with Crippen molar-refractivity contribution in [2.24, 2.45) is 5.92 Å². The normalized spacial score (nSPS) is 23.3. The van der Waals surface area contributed by atoms with Crippen LogP contribution in [0.3, 0.4) is 0 Å². The van der Waals surface area contributed by atoms with Crippen molar-refractivity contribution < 1.29 is 0 Å². The molecule has 2 atom stereocenters. The number of piperidine rings is 1. The Labute approximate surface area is 127 Å². The SMILES string of the molecule is CCCNCc1sc(N2CC(C)CCC2C)nc1CC. The minimum absolute atomic E-state index is 0.638. The number of nitrogens with one attached hydrogen (secondary N) is 1. The Morgan fingerprint density at radius 3 is 2.80 bits per heavy atom. The zero-order valence-electron chi connectivity index (χ0n) is 13.4. The third-order valence-electron chi connectivity index (χ3n) is 4.18. The molecule has 2 heterocycles. The molecule has 0 aliphatic carbocycles. The highest BCUT2D eigenvalue weighted by Gasteiger charge is 2.26. The smallest absolute Gasteiger partial charge is 0.186 e. The van der Waals surface area contributed by atoms with Gasteiger partial charge < -0.3 is 10.2 Å². The van der Waals surface area contributed by atoms with Crippen LogP contribution >= 0.6 is 11.3 Å². The zero-order chi connectivity index (χ0) is 14.5. The van der Waals surface area contributed by atoms with E-state index in [0.717, 1.165) is 25.4 Å². The Kier molecular flexibility index (Phi) is 5.85. The number of hydrogen-bond acceptors (Lipinski definition) is 4. The molecule has 1 aliphatic heterocycles. The van der Waals surface area contributed by atoms with Crippen LogP contribution in [0.2, 0.25) is 0 Å². The Morgan fingerprint density at radius 2 is 2.10 bits per heavy atom. The van der Waals surface area contributed by atoms with E-state index < -0.39 is 0 Å². The summed E-state index contributed by atoms with van der Waals surface area (Å²) in [7, 11) is 0. The second kappa shape index (κ2) is 7.41. The quantitative estimate of drug-likeness (QED) is 0.808. The third-order valence-corrected chi connectivity index (χ3v) is 5.31. The van der Waals surface area contributed by atoms with Crippen LogP contribution in [-0.4, -0.2) is 24.1 Å². The van der Waals surface area contributed by atoms with Gasteiger partial charge in [-0.25, -0.2) is 4.98 Å². The molecule has 1 fully saturated rings. The van der Waals surface area contributed by atoms with Gasteiger partial charge >= 0.3 is 0 Å². The summed E-state index contributed by atoms with van der Waals surface area (Å²) < 4.78 is 0. The van der Waals surface area contributed by atoms with Crippen LogP contribution in [0.15, 0.2) is 0 Å². The number of anilines is 1. The van der Waals surface area contributed by atoms with Crippen molar-refractivity contribution >= 4 is 16.5 Å². The van der Waals surface area contributed by atoms with E-state index in [-0.39, 0.29) is 0 Å². The van der Waals surface area contributed by atoms with Gasteiger partial charge in [-0.2, -0.15) is 0 Å². The van der Waals surface area contributed by atoms with Crippen molar-refractivity contribution in [1.29, 1.82) is 0 Å². The van der Waals surface area contributed by atoms with Crippen molar-refractivity contribution in [1.82, 2.24) is 10.3 Å². The van der Waals surface area contributed by atoms with E-state index in [1.165, 1.54) is 41.5 Å². The molecular formula is C16H29N3S. The van der Waals surface area contributed by atoms with E-state index in [1.807, 2.05) is 11.3 Å². The highest BCUT2D eigenvalue weighted by molar-refractivity contribution is 7.15. The second-order valence-corrected chi connectivity index (χ2v) is 7.14. The summed E-state index contributed by atoms with van der Waals surface area (Å²) >= 11 is 1.90. The summed E-state index contributed by atoms with van der Waals surface area (Å²) in [5, 5.41) is 4.76. The van der Waals surface area contributed by atoms with Crippen LogP contribution in [0.4, 0.5) is 5.13 Å². The molecule has 20 heavy (non-hydrogen) atoms. The maximum Gasteiger partial charge on any atom is 0.186 e. The van der Waals surface area contributed by atoms with Crippen molar-refractivity contribution in [3.63, 3.8) is 0 Å². The largest absolute Gasteiger partial charge is 0.345 e. The van der Waals surface area contributed by atoms with Crippen LogP contribution < -0.4 is 10.2 Å². The molecule has 0 saturated carbocycles. The van der Waals surface area contributed by atoms with Gasteiger partial charge in [-0.15, -0.1) is 11.3 Å². The van der Waals surface area contributed by atoms with Crippen LogP contribution in [0, 0.1) is 5.92 Å². The second-order valence-electron chi connectivity index (χ2n) is 6.08. The number of hydrogen-bond donors (Lipinski definition) is 1. The van der Waals surface area contributed by atoms with Gasteiger partial charge in [0.25, 0.3) is 0 Å².